The molecule has 0 aromatic carbocycles. The van der Waals surface area contributed by atoms with Gasteiger partial charge in [-0.25, -0.2) is 0 Å². The molecule has 1 aliphatic heterocycles. The number of rotatable bonds is 10. The molecule has 5 nitrogen and oxygen atoms in total. The first-order valence-electron chi connectivity index (χ1n) is 6.84. The van der Waals surface area contributed by atoms with Gasteiger partial charge in [0.1, 0.15) is 0 Å². The molecular weight excluding hydrogens is 314 g/mol. The summed E-state index contributed by atoms with van der Waals surface area (Å²) in [7, 11) is 1.67. The topological polar surface area (TPSA) is 40.2 Å². The zero-order valence-electron chi connectivity index (χ0n) is 12.0. The highest BCUT2D eigenvalue weighted by molar-refractivity contribution is 9.09. The fraction of sp³-hybridized carbons (Fsp3) is 1.00. The second-order valence-electron chi connectivity index (χ2n) is 4.67. The standard InChI is InChI=1S/C13H26BrNO4/c1-12-11-19-13(9-14)10-15(12)3-4-17-7-8-18-6-5-16-2/h12-13H,3-11H2,1-2H3. The molecule has 6 heteroatoms. The number of hydrogen-bond acceptors (Lipinski definition) is 5. The van der Waals surface area contributed by atoms with Gasteiger partial charge in [-0.3, -0.25) is 4.90 Å². The molecule has 2 atom stereocenters. The number of halogens is 1. The molecule has 0 bridgehead atoms. The van der Waals surface area contributed by atoms with Gasteiger partial charge < -0.3 is 18.9 Å². The predicted molar refractivity (Wildman–Crippen MR) is 78.1 cm³/mol. The second-order valence-corrected chi connectivity index (χ2v) is 5.32. The summed E-state index contributed by atoms with van der Waals surface area (Å²) < 4.78 is 21.5. The van der Waals surface area contributed by atoms with Crippen LogP contribution < -0.4 is 0 Å². The van der Waals surface area contributed by atoms with Crippen LogP contribution in [0.3, 0.4) is 0 Å². The lowest BCUT2D eigenvalue weighted by atomic mass is 10.2. The van der Waals surface area contributed by atoms with Crippen LogP contribution in [0, 0.1) is 0 Å². The molecule has 0 amide bonds. The summed E-state index contributed by atoms with van der Waals surface area (Å²) in [5.41, 5.74) is 0. The first kappa shape index (κ1) is 17.3. The van der Waals surface area contributed by atoms with Crippen molar-refractivity contribution in [3.05, 3.63) is 0 Å². The molecule has 1 aliphatic rings. The molecule has 1 rings (SSSR count). The van der Waals surface area contributed by atoms with Crippen LogP contribution in [0.5, 0.6) is 0 Å². The van der Waals surface area contributed by atoms with Gasteiger partial charge in [0, 0.05) is 31.6 Å². The quantitative estimate of drug-likeness (QED) is 0.441. The van der Waals surface area contributed by atoms with Crippen molar-refractivity contribution in [1.29, 1.82) is 0 Å². The van der Waals surface area contributed by atoms with Crippen molar-refractivity contribution in [3.63, 3.8) is 0 Å². The molecule has 0 aromatic heterocycles. The van der Waals surface area contributed by atoms with Gasteiger partial charge in [-0.15, -0.1) is 0 Å². The molecule has 0 spiro atoms. The number of nitrogens with zero attached hydrogens (tertiary/aromatic N) is 1. The summed E-state index contributed by atoms with van der Waals surface area (Å²) >= 11 is 3.47. The van der Waals surface area contributed by atoms with Gasteiger partial charge in [0.2, 0.25) is 0 Å². The maximum absolute atomic E-state index is 5.69. The van der Waals surface area contributed by atoms with Crippen LogP contribution in [0.4, 0.5) is 0 Å². The third-order valence-corrected chi connectivity index (χ3v) is 3.86. The Balaban J connectivity index is 1.98. The lowest BCUT2D eigenvalue weighted by Gasteiger charge is -2.37. The second kappa shape index (κ2) is 11.0. The first-order valence-corrected chi connectivity index (χ1v) is 7.96. The summed E-state index contributed by atoms with van der Waals surface area (Å²) in [6, 6.07) is 0.469. The van der Waals surface area contributed by atoms with E-state index in [0.717, 1.165) is 31.6 Å². The Morgan fingerprint density at radius 1 is 1.16 bits per heavy atom. The number of ether oxygens (including phenoxy) is 4. The fourth-order valence-corrected chi connectivity index (χ4v) is 2.32. The van der Waals surface area contributed by atoms with E-state index in [4.69, 9.17) is 18.9 Å². The summed E-state index contributed by atoms with van der Waals surface area (Å²) in [5, 5.41) is 0.893. The zero-order valence-corrected chi connectivity index (χ0v) is 13.6. The normalized spacial score (nSPS) is 24.8. The number of alkyl halides is 1. The van der Waals surface area contributed by atoms with Crippen LogP contribution in [-0.4, -0.2) is 82.2 Å². The van der Waals surface area contributed by atoms with Crippen molar-refractivity contribution < 1.29 is 18.9 Å². The van der Waals surface area contributed by atoms with E-state index in [1.165, 1.54) is 0 Å². The predicted octanol–water partition coefficient (Wildman–Crippen LogP) is 1.15. The highest BCUT2D eigenvalue weighted by Gasteiger charge is 2.24. The maximum atomic E-state index is 5.69. The van der Waals surface area contributed by atoms with Crippen LogP contribution in [0.25, 0.3) is 0 Å². The Kier molecular flexibility index (Phi) is 10.0. The third kappa shape index (κ3) is 7.58. The molecule has 1 heterocycles. The van der Waals surface area contributed by atoms with E-state index in [2.05, 4.69) is 27.8 Å². The van der Waals surface area contributed by atoms with Gasteiger partial charge in [-0.05, 0) is 6.92 Å². The number of hydrogen-bond donors (Lipinski definition) is 0. The molecule has 0 radical (unpaired) electrons. The molecule has 114 valence electrons. The number of methoxy groups -OCH3 is 1. The van der Waals surface area contributed by atoms with Crippen molar-refractivity contribution in [1.82, 2.24) is 4.90 Å². The minimum absolute atomic E-state index is 0.300. The first-order chi connectivity index (χ1) is 9.27. The van der Waals surface area contributed by atoms with Gasteiger partial charge in [-0.2, -0.15) is 0 Å². The molecule has 19 heavy (non-hydrogen) atoms. The molecular formula is C13H26BrNO4. The molecule has 1 fully saturated rings. The van der Waals surface area contributed by atoms with Crippen LogP contribution >= 0.6 is 15.9 Å². The fourth-order valence-electron chi connectivity index (χ4n) is 1.93. The van der Waals surface area contributed by atoms with E-state index in [-0.39, 0.29) is 0 Å². The van der Waals surface area contributed by atoms with Gasteiger partial charge in [0.15, 0.2) is 0 Å². The van der Waals surface area contributed by atoms with Crippen molar-refractivity contribution in [2.75, 3.05) is 65.2 Å². The highest BCUT2D eigenvalue weighted by atomic mass is 79.9. The van der Waals surface area contributed by atoms with Crippen LogP contribution in [-0.2, 0) is 18.9 Å². The van der Waals surface area contributed by atoms with Crippen LogP contribution in [0.15, 0.2) is 0 Å². The van der Waals surface area contributed by atoms with Crippen molar-refractivity contribution in [2.24, 2.45) is 0 Å². The Hall–Kier alpha value is 0.280. The molecule has 1 saturated heterocycles. The van der Waals surface area contributed by atoms with E-state index >= 15 is 0 Å². The Morgan fingerprint density at radius 2 is 1.84 bits per heavy atom. The number of morpholine rings is 1. The zero-order chi connectivity index (χ0) is 13.9. The average Bonchev–Trinajstić information content (AvgIpc) is 2.43. The third-order valence-electron chi connectivity index (χ3n) is 3.13. The van der Waals surface area contributed by atoms with Gasteiger partial charge in [0.25, 0.3) is 0 Å². The largest absolute Gasteiger partial charge is 0.382 e. The lowest BCUT2D eigenvalue weighted by Crippen LogP contribution is -2.49. The van der Waals surface area contributed by atoms with E-state index < -0.39 is 0 Å². The van der Waals surface area contributed by atoms with Crippen molar-refractivity contribution >= 4 is 15.9 Å². The molecule has 0 N–H and O–H groups in total. The SMILES string of the molecule is COCCOCCOCCN1CC(CBr)OCC1C. The average molecular weight is 340 g/mol. The van der Waals surface area contributed by atoms with E-state index in [1.807, 2.05) is 0 Å². The van der Waals surface area contributed by atoms with E-state index in [9.17, 15) is 0 Å². The van der Waals surface area contributed by atoms with E-state index in [1.54, 1.807) is 7.11 Å². The van der Waals surface area contributed by atoms with Gasteiger partial charge >= 0.3 is 0 Å². The van der Waals surface area contributed by atoms with Gasteiger partial charge in [0.05, 0.1) is 45.7 Å². The lowest BCUT2D eigenvalue weighted by molar-refractivity contribution is -0.0569. The Morgan fingerprint density at radius 3 is 2.53 bits per heavy atom. The minimum Gasteiger partial charge on any atom is -0.382 e. The maximum Gasteiger partial charge on any atom is 0.0799 e. The molecule has 2 unspecified atom stereocenters. The molecule has 0 aromatic rings. The van der Waals surface area contributed by atoms with E-state index in [0.29, 0.717) is 38.6 Å². The van der Waals surface area contributed by atoms with Crippen LogP contribution in [0.2, 0.25) is 0 Å². The highest BCUT2D eigenvalue weighted by Crippen LogP contribution is 2.12. The summed E-state index contributed by atoms with van der Waals surface area (Å²) in [6.07, 6.45) is 0.300. The Labute approximate surface area is 124 Å². The molecule has 0 saturated carbocycles. The molecule has 0 aliphatic carbocycles. The monoisotopic (exact) mass is 339 g/mol. The smallest absolute Gasteiger partial charge is 0.0799 e. The Bertz CT molecular complexity index is 221. The van der Waals surface area contributed by atoms with Gasteiger partial charge in [-0.1, -0.05) is 15.9 Å². The summed E-state index contributed by atoms with van der Waals surface area (Å²) in [6.45, 7) is 8.21. The van der Waals surface area contributed by atoms with Crippen molar-refractivity contribution in [3.8, 4) is 0 Å². The minimum atomic E-state index is 0.300. The summed E-state index contributed by atoms with van der Waals surface area (Å²) in [5.74, 6) is 0. The van der Waals surface area contributed by atoms with Crippen molar-refractivity contribution in [2.45, 2.75) is 19.1 Å². The summed E-state index contributed by atoms with van der Waals surface area (Å²) in [4.78, 5) is 2.42. The van der Waals surface area contributed by atoms with Crippen LogP contribution in [0.1, 0.15) is 6.92 Å².